The summed E-state index contributed by atoms with van der Waals surface area (Å²) in [5.74, 6) is -7.33. The molecule has 4 N–H and O–H groups in total. The smallest absolute Gasteiger partial charge is 0.280 e. The Morgan fingerprint density at radius 1 is 0.482 bits per heavy atom. The fraction of sp³-hybridized carbons (Fsp3) is 0.195. The molecule has 0 spiro atoms. The number of nitrogens with one attached hydrogen (secondary N) is 4. The molecule has 1 aromatic heterocycles. The van der Waals surface area contributed by atoms with E-state index in [0.29, 0.717) is 31.6 Å². The minimum Gasteiger partial charge on any atom is -0.339 e. The van der Waals surface area contributed by atoms with E-state index in [1.807, 2.05) is 0 Å². The van der Waals surface area contributed by atoms with Crippen LogP contribution in [-0.4, -0.2) is 74.3 Å². The van der Waals surface area contributed by atoms with Gasteiger partial charge in [0.05, 0.1) is 22.3 Å². The first kappa shape index (κ1) is 37.0. The van der Waals surface area contributed by atoms with Crippen molar-refractivity contribution >= 4 is 68.8 Å². The second-order valence-corrected chi connectivity index (χ2v) is 14.1. The lowest BCUT2D eigenvalue weighted by atomic mass is 9.95. The van der Waals surface area contributed by atoms with Gasteiger partial charge in [-0.25, -0.2) is 4.98 Å². The van der Waals surface area contributed by atoms with E-state index in [9.17, 15) is 38.4 Å². The Balaban J connectivity index is 1.03. The number of carbonyl (C=O) groups is 8. The highest BCUT2D eigenvalue weighted by molar-refractivity contribution is 6.26. The van der Waals surface area contributed by atoms with Crippen LogP contribution in [0.4, 0.5) is 0 Å². The molecule has 0 aliphatic carbocycles. The lowest BCUT2D eigenvalue weighted by Crippen LogP contribution is -2.58. The molecule has 7 rings (SSSR count). The quantitative estimate of drug-likeness (QED) is 0.154. The molecule has 4 aromatic carbocycles. The van der Waals surface area contributed by atoms with E-state index in [1.54, 1.807) is 100 Å². The summed E-state index contributed by atoms with van der Waals surface area (Å²) in [6.45, 7) is 6.61. The number of hydrogen-bond acceptors (Lipinski definition) is 9. The third kappa shape index (κ3) is 6.48. The number of benzene rings is 4. The maximum atomic E-state index is 13.5. The van der Waals surface area contributed by atoms with Crippen LogP contribution in [0.15, 0.2) is 91.0 Å². The molecule has 0 radical (unpaired) electrons. The van der Waals surface area contributed by atoms with Crippen molar-refractivity contribution in [3.63, 3.8) is 0 Å². The molecule has 282 valence electrons. The van der Waals surface area contributed by atoms with Gasteiger partial charge in [-0.1, -0.05) is 82.3 Å². The molecular formula is C41H35N7O8. The van der Waals surface area contributed by atoms with Gasteiger partial charge in [-0.15, -0.1) is 0 Å². The van der Waals surface area contributed by atoms with Crippen molar-refractivity contribution in [3.05, 3.63) is 125 Å². The second kappa shape index (κ2) is 14.5. The maximum absolute atomic E-state index is 13.5. The van der Waals surface area contributed by atoms with Gasteiger partial charge in [-0.05, 0) is 59.0 Å². The highest BCUT2D eigenvalue weighted by atomic mass is 16.2. The summed E-state index contributed by atoms with van der Waals surface area (Å²) in [5.41, 5.74) is 5.18. The van der Waals surface area contributed by atoms with Gasteiger partial charge in [0.2, 0.25) is 0 Å². The number of carbonyl (C=O) groups excluding carboxylic acids is 8. The van der Waals surface area contributed by atoms with Crippen molar-refractivity contribution in [1.29, 1.82) is 0 Å². The van der Waals surface area contributed by atoms with Gasteiger partial charge in [-0.2, -0.15) is 10.0 Å². The highest BCUT2D eigenvalue weighted by Gasteiger charge is 2.38. The number of pyridine rings is 1. The summed E-state index contributed by atoms with van der Waals surface area (Å²) in [4.78, 5) is 112. The minimum atomic E-state index is -1.25. The van der Waals surface area contributed by atoms with Crippen molar-refractivity contribution in [2.75, 3.05) is 0 Å². The largest absolute Gasteiger partial charge is 0.339 e. The van der Waals surface area contributed by atoms with E-state index >= 15 is 0 Å². The summed E-state index contributed by atoms with van der Waals surface area (Å²) in [7, 11) is 0. The zero-order valence-corrected chi connectivity index (χ0v) is 30.6. The standard InChI is InChI=1S/C41H35N7O8/c1-20(2)32(36(51)45-47-38(53)24-14-5-10-22-11-6-15-25(30(22)24)39(47)54)43-34(49)28-18-9-19-29(42-28)35(50)44-33(21(3)4)37(52)46-48-40(55)26-16-7-12-23-13-8-17-27(31(23)26)41(48)56/h5-21,32-33H,1-4H3,(H,43,49)(H,44,50)(H,45,51)(H,46,52)/t32-,33-/m0/s1. The van der Waals surface area contributed by atoms with E-state index in [1.165, 1.54) is 18.2 Å². The van der Waals surface area contributed by atoms with Crippen molar-refractivity contribution in [3.8, 4) is 0 Å². The predicted octanol–water partition coefficient (Wildman–Crippen LogP) is 3.55. The molecule has 5 aromatic rings. The molecular weight excluding hydrogens is 718 g/mol. The van der Waals surface area contributed by atoms with Gasteiger partial charge in [-0.3, -0.25) is 49.2 Å². The molecule has 2 aliphatic rings. The summed E-state index contributed by atoms with van der Waals surface area (Å²) in [5, 5.41) is 8.76. The molecule has 0 bridgehead atoms. The SMILES string of the molecule is CC(C)[C@H](NC(=O)c1cccc(C(=O)N[C@H](C(=O)NN2C(=O)c3cccc4cccc(c34)C2=O)C(C)C)n1)C(=O)NN1C(=O)c2cccc3cccc(c23)C1=O. The van der Waals surface area contributed by atoms with Crippen molar-refractivity contribution in [2.45, 2.75) is 39.8 Å². The molecule has 0 saturated heterocycles. The molecule has 15 heteroatoms. The van der Waals surface area contributed by atoms with Crippen LogP contribution < -0.4 is 21.5 Å². The van der Waals surface area contributed by atoms with Gasteiger partial charge in [0, 0.05) is 10.8 Å². The molecule has 56 heavy (non-hydrogen) atoms. The molecule has 0 saturated carbocycles. The number of hydrogen-bond donors (Lipinski definition) is 4. The summed E-state index contributed by atoms with van der Waals surface area (Å²) >= 11 is 0. The molecule has 3 heterocycles. The van der Waals surface area contributed by atoms with Gasteiger partial charge in [0.15, 0.2) is 0 Å². The van der Waals surface area contributed by atoms with Crippen LogP contribution in [-0.2, 0) is 9.59 Å². The van der Waals surface area contributed by atoms with Crippen molar-refractivity contribution in [2.24, 2.45) is 11.8 Å². The Morgan fingerprint density at radius 2 is 0.786 bits per heavy atom. The number of imide groups is 2. The average molecular weight is 754 g/mol. The monoisotopic (exact) mass is 753 g/mol. The van der Waals surface area contributed by atoms with E-state index in [4.69, 9.17) is 0 Å². The summed E-state index contributed by atoms with van der Waals surface area (Å²) in [6, 6.07) is 21.5. The van der Waals surface area contributed by atoms with E-state index in [-0.39, 0.29) is 33.6 Å². The number of amides is 8. The lowest BCUT2D eigenvalue weighted by Gasteiger charge is -2.30. The van der Waals surface area contributed by atoms with Crippen LogP contribution in [0.1, 0.15) is 90.1 Å². The first-order valence-electron chi connectivity index (χ1n) is 17.8. The van der Waals surface area contributed by atoms with Crippen molar-refractivity contribution < 1.29 is 38.4 Å². The Labute approximate surface area is 319 Å². The average Bonchev–Trinajstić information content (AvgIpc) is 3.19. The zero-order valence-electron chi connectivity index (χ0n) is 30.6. The Bertz CT molecular complexity index is 2280. The number of aromatic nitrogens is 1. The van der Waals surface area contributed by atoms with Crippen LogP contribution in [0.5, 0.6) is 0 Å². The number of nitrogens with zero attached hydrogens (tertiary/aromatic N) is 3. The van der Waals surface area contributed by atoms with Gasteiger partial charge < -0.3 is 10.6 Å². The van der Waals surface area contributed by atoms with E-state index in [0.717, 1.165) is 0 Å². The van der Waals surface area contributed by atoms with Crippen LogP contribution in [0, 0.1) is 11.8 Å². The minimum absolute atomic E-state index is 0.233. The number of hydrazine groups is 2. The Hall–Kier alpha value is -7.29. The highest BCUT2D eigenvalue weighted by Crippen LogP contribution is 2.30. The molecule has 15 nitrogen and oxygen atoms in total. The van der Waals surface area contributed by atoms with Crippen LogP contribution in [0.2, 0.25) is 0 Å². The van der Waals surface area contributed by atoms with Crippen LogP contribution in [0.3, 0.4) is 0 Å². The molecule has 8 amide bonds. The first-order valence-corrected chi connectivity index (χ1v) is 17.8. The summed E-state index contributed by atoms with van der Waals surface area (Å²) < 4.78 is 0. The van der Waals surface area contributed by atoms with E-state index < -0.39 is 71.2 Å². The molecule has 0 unspecified atom stereocenters. The normalized spacial score (nSPS) is 14.6. The third-order valence-electron chi connectivity index (χ3n) is 9.67. The Morgan fingerprint density at radius 3 is 1.09 bits per heavy atom. The van der Waals surface area contributed by atoms with Crippen LogP contribution >= 0.6 is 0 Å². The maximum Gasteiger partial charge on any atom is 0.280 e. The van der Waals surface area contributed by atoms with Crippen molar-refractivity contribution in [1.82, 2.24) is 36.5 Å². The van der Waals surface area contributed by atoms with E-state index in [2.05, 4.69) is 26.5 Å². The van der Waals surface area contributed by atoms with Gasteiger partial charge >= 0.3 is 0 Å². The second-order valence-electron chi connectivity index (χ2n) is 14.1. The Kier molecular flexibility index (Phi) is 9.60. The topological polar surface area (TPSA) is 204 Å². The van der Waals surface area contributed by atoms with Crippen LogP contribution in [0.25, 0.3) is 21.5 Å². The molecule has 0 fully saturated rings. The zero-order chi connectivity index (χ0) is 40.0. The lowest BCUT2D eigenvalue weighted by molar-refractivity contribution is -0.127. The van der Waals surface area contributed by atoms with Gasteiger partial charge in [0.25, 0.3) is 47.3 Å². The summed E-state index contributed by atoms with van der Waals surface area (Å²) in [6.07, 6.45) is 0. The number of rotatable bonds is 10. The third-order valence-corrected chi connectivity index (χ3v) is 9.67. The predicted molar refractivity (Wildman–Crippen MR) is 202 cm³/mol. The van der Waals surface area contributed by atoms with Gasteiger partial charge in [0.1, 0.15) is 23.5 Å². The first-order chi connectivity index (χ1) is 26.8. The molecule has 2 atom stereocenters. The fourth-order valence-corrected chi connectivity index (χ4v) is 6.81. The fourth-order valence-electron chi connectivity index (χ4n) is 6.81. The molecule has 2 aliphatic heterocycles.